The van der Waals surface area contributed by atoms with Crippen LogP contribution in [0.4, 0.5) is 0 Å². The first kappa shape index (κ1) is 26.1. The van der Waals surface area contributed by atoms with E-state index >= 15 is 0 Å². The van der Waals surface area contributed by atoms with Crippen LogP contribution in [-0.4, -0.2) is 73.7 Å². The summed E-state index contributed by atoms with van der Waals surface area (Å²) in [6.07, 6.45) is 2.15. The monoisotopic (exact) mass is 464 g/mol. The minimum atomic E-state index is -0.769. The summed E-state index contributed by atoms with van der Waals surface area (Å²) < 4.78 is 32.6. The molecule has 6 atom stereocenters. The average Bonchev–Trinajstić information content (AvgIpc) is 2.73. The molecule has 0 spiro atoms. The Balaban J connectivity index is 2.22. The Bertz CT molecular complexity index is 802. The molecule has 2 heterocycles. The molecule has 0 fully saturated rings. The second kappa shape index (κ2) is 12.2. The molecule has 0 aromatic heterocycles. The van der Waals surface area contributed by atoms with Crippen LogP contribution in [0.1, 0.15) is 27.7 Å². The molecule has 2 aliphatic rings. The summed E-state index contributed by atoms with van der Waals surface area (Å²) >= 11 is 0. The Morgan fingerprint density at radius 2 is 1.12 bits per heavy atom. The van der Waals surface area contributed by atoms with Crippen LogP contribution >= 0.6 is 0 Å². The quantitative estimate of drug-likeness (QED) is 0.225. The number of carbonyl (C=O) groups is 4. The van der Waals surface area contributed by atoms with Crippen LogP contribution in [0, 0.1) is 0 Å². The number of hydrogen-bond acceptors (Lipinski definition) is 10. The van der Waals surface area contributed by atoms with Crippen LogP contribution in [0.3, 0.4) is 0 Å². The first-order chi connectivity index (χ1) is 15.6. The second-order valence-corrected chi connectivity index (χ2v) is 7.35. The third-order valence-electron chi connectivity index (χ3n) is 4.65. The Morgan fingerprint density at radius 3 is 1.42 bits per heavy atom. The molecule has 2 unspecified atom stereocenters. The molecule has 10 heteroatoms. The zero-order valence-electron chi connectivity index (χ0n) is 19.0. The van der Waals surface area contributed by atoms with E-state index in [1.54, 1.807) is 24.3 Å². The predicted molar refractivity (Wildman–Crippen MR) is 113 cm³/mol. The van der Waals surface area contributed by atoms with Crippen LogP contribution in [0.15, 0.2) is 42.2 Å². The van der Waals surface area contributed by atoms with Gasteiger partial charge >= 0.3 is 23.9 Å². The first-order valence-electron chi connectivity index (χ1n) is 10.3. The highest BCUT2D eigenvalue weighted by molar-refractivity contribution is 5.67. The fourth-order valence-electron chi connectivity index (χ4n) is 3.29. The van der Waals surface area contributed by atoms with Gasteiger partial charge in [-0.15, -0.1) is 5.73 Å². The van der Waals surface area contributed by atoms with E-state index in [4.69, 9.17) is 28.4 Å². The van der Waals surface area contributed by atoms with E-state index in [0.29, 0.717) is 5.57 Å². The fraction of sp³-hybridized carbons (Fsp3) is 0.522. The molecule has 0 saturated heterocycles. The predicted octanol–water partition coefficient (Wildman–Crippen LogP) is 1.33. The maximum atomic E-state index is 11.4. The molecule has 0 aromatic carbocycles. The lowest BCUT2D eigenvalue weighted by atomic mass is 9.97. The van der Waals surface area contributed by atoms with Gasteiger partial charge in [0.2, 0.25) is 0 Å². The molecule has 180 valence electrons. The Kier molecular flexibility index (Phi) is 9.59. The normalized spacial score (nSPS) is 28.2. The van der Waals surface area contributed by atoms with Gasteiger partial charge in [-0.25, -0.2) is 0 Å². The molecule has 10 nitrogen and oxygen atoms in total. The van der Waals surface area contributed by atoms with Gasteiger partial charge in [-0.3, -0.25) is 19.2 Å². The van der Waals surface area contributed by atoms with Gasteiger partial charge in [0.1, 0.15) is 49.8 Å². The topological polar surface area (TPSA) is 124 Å². The van der Waals surface area contributed by atoms with E-state index in [-0.39, 0.29) is 13.2 Å². The standard InChI is InChI=1S/C23H28O10/c1-6-17(18-7-9-20(30-15(4)26)22(32-18)11-28-13(2)24)19-8-10-21(31-16(5)27)23(33-19)12-29-14(3)25/h7-10,18-23H,1,11-12H2,2-5H3/t18?,19?,20-,21-,22+,23+/m0/s1. The summed E-state index contributed by atoms with van der Waals surface area (Å²) in [6, 6.07) is 0. The zero-order valence-corrected chi connectivity index (χ0v) is 19.0. The first-order valence-corrected chi connectivity index (χ1v) is 10.3. The van der Waals surface area contributed by atoms with Crippen LogP contribution < -0.4 is 0 Å². The highest BCUT2D eigenvalue weighted by atomic mass is 16.6. The van der Waals surface area contributed by atoms with Crippen LogP contribution in [0.25, 0.3) is 0 Å². The molecule has 0 amide bonds. The van der Waals surface area contributed by atoms with Crippen LogP contribution in [0.2, 0.25) is 0 Å². The van der Waals surface area contributed by atoms with Crippen molar-refractivity contribution in [1.29, 1.82) is 0 Å². The van der Waals surface area contributed by atoms with Crippen LogP contribution in [0.5, 0.6) is 0 Å². The lowest BCUT2D eigenvalue weighted by molar-refractivity contribution is -0.164. The van der Waals surface area contributed by atoms with Crippen molar-refractivity contribution >= 4 is 23.9 Å². The molecule has 2 aliphatic heterocycles. The molecule has 0 bridgehead atoms. The van der Waals surface area contributed by atoms with Crippen molar-refractivity contribution in [3.63, 3.8) is 0 Å². The van der Waals surface area contributed by atoms with Crippen molar-refractivity contribution in [2.45, 2.75) is 64.3 Å². The van der Waals surface area contributed by atoms with Crippen LogP contribution in [-0.2, 0) is 47.6 Å². The van der Waals surface area contributed by atoms with Crippen molar-refractivity contribution < 1.29 is 47.6 Å². The number of carbonyl (C=O) groups excluding carboxylic acids is 4. The van der Waals surface area contributed by atoms with Gasteiger partial charge in [-0.2, -0.15) is 0 Å². The molecular weight excluding hydrogens is 436 g/mol. The molecule has 0 saturated carbocycles. The largest absolute Gasteiger partial charge is 0.463 e. The van der Waals surface area contributed by atoms with E-state index in [0.717, 1.165) is 0 Å². The molecule has 0 N–H and O–H groups in total. The van der Waals surface area contributed by atoms with E-state index < -0.39 is 60.5 Å². The Hall–Kier alpha value is -3.20. The van der Waals surface area contributed by atoms with E-state index in [9.17, 15) is 19.2 Å². The fourth-order valence-corrected chi connectivity index (χ4v) is 3.29. The maximum Gasteiger partial charge on any atom is 0.303 e. The van der Waals surface area contributed by atoms with E-state index in [1.165, 1.54) is 27.7 Å². The summed E-state index contributed by atoms with van der Waals surface area (Å²) in [5.41, 5.74) is 3.28. The summed E-state index contributed by atoms with van der Waals surface area (Å²) in [7, 11) is 0. The highest BCUT2D eigenvalue weighted by Gasteiger charge is 2.37. The van der Waals surface area contributed by atoms with Crippen molar-refractivity contribution in [3.05, 3.63) is 42.2 Å². The molecule has 0 radical (unpaired) electrons. The lowest BCUT2D eigenvalue weighted by Crippen LogP contribution is -2.45. The van der Waals surface area contributed by atoms with Crippen molar-refractivity contribution in [2.75, 3.05) is 13.2 Å². The van der Waals surface area contributed by atoms with E-state index in [2.05, 4.69) is 12.3 Å². The maximum absolute atomic E-state index is 11.4. The smallest absolute Gasteiger partial charge is 0.303 e. The molecule has 33 heavy (non-hydrogen) atoms. The van der Waals surface area contributed by atoms with Gasteiger partial charge in [0.15, 0.2) is 0 Å². The number of rotatable bonds is 8. The SMILES string of the molecule is C=C=C(C1C=C[C@H](OC(C)=O)[C@@H](COC(C)=O)O1)C1C=C[C@H](OC(C)=O)[C@@H](COC(C)=O)O1. The van der Waals surface area contributed by atoms with Gasteiger partial charge in [0.05, 0.1) is 0 Å². The molecular formula is C23H28O10. The van der Waals surface area contributed by atoms with Gasteiger partial charge in [0, 0.05) is 33.3 Å². The summed E-state index contributed by atoms with van der Waals surface area (Å²) in [5, 5.41) is 0. The number of ether oxygens (including phenoxy) is 6. The third kappa shape index (κ3) is 8.02. The van der Waals surface area contributed by atoms with Gasteiger partial charge in [-0.05, 0) is 12.2 Å². The number of esters is 4. The van der Waals surface area contributed by atoms with Gasteiger partial charge in [-0.1, -0.05) is 18.7 Å². The lowest BCUT2D eigenvalue weighted by Gasteiger charge is -2.36. The van der Waals surface area contributed by atoms with Gasteiger partial charge < -0.3 is 28.4 Å². The van der Waals surface area contributed by atoms with Crippen molar-refractivity contribution in [3.8, 4) is 0 Å². The zero-order chi connectivity index (χ0) is 24.5. The minimum Gasteiger partial charge on any atom is -0.463 e. The van der Waals surface area contributed by atoms with Gasteiger partial charge in [0.25, 0.3) is 0 Å². The van der Waals surface area contributed by atoms with Crippen molar-refractivity contribution in [1.82, 2.24) is 0 Å². The highest BCUT2D eigenvalue weighted by Crippen LogP contribution is 2.28. The van der Waals surface area contributed by atoms with E-state index in [1.807, 2.05) is 0 Å². The minimum absolute atomic E-state index is 0.135. The molecule has 0 aromatic rings. The summed E-state index contributed by atoms with van der Waals surface area (Å²) in [5.74, 6) is -2.03. The molecule has 0 aliphatic carbocycles. The summed E-state index contributed by atoms with van der Waals surface area (Å²) in [6.45, 7) is 8.49. The molecule has 2 rings (SSSR count). The third-order valence-corrected chi connectivity index (χ3v) is 4.65. The average molecular weight is 464 g/mol. The number of hydrogen-bond donors (Lipinski definition) is 0. The Morgan fingerprint density at radius 1 is 0.727 bits per heavy atom. The summed E-state index contributed by atoms with van der Waals surface area (Å²) in [4.78, 5) is 45.3. The Labute approximate surface area is 191 Å². The second-order valence-electron chi connectivity index (χ2n) is 7.35. The van der Waals surface area contributed by atoms with Crippen molar-refractivity contribution in [2.24, 2.45) is 0 Å².